The maximum atomic E-state index is 12.8. The molecule has 0 aliphatic rings. The van der Waals surface area contributed by atoms with Crippen LogP contribution in [-0.4, -0.2) is 37.8 Å². The van der Waals surface area contributed by atoms with Gasteiger partial charge in [0.05, 0.1) is 20.8 Å². The van der Waals surface area contributed by atoms with E-state index in [1.54, 1.807) is 31.2 Å². The highest BCUT2D eigenvalue weighted by atomic mass is 16.5. The summed E-state index contributed by atoms with van der Waals surface area (Å²) < 4.78 is 21.2. The summed E-state index contributed by atoms with van der Waals surface area (Å²) in [7, 11) is 2.97. The van der Waals surface area contributed by atoms with Gasteiger partial charge in [-0.25, -0.2) is 4.79 Å². The molecule has 7 nitrogen and oxygen atoms in total. The van der Waals surface area contributed by atoms with Crippen LogP contribution in [0.3, 0.4) is 0 Å². The third-order valence-electron chi connectivity index (χ3n) is 4.33. The molecule has 1 aromatic heterocycles. The van der Waals surface area contributed by atoms with Gasteiger partial charge in [0.1, 0.15) is 11.3 Å². The maximum Gasteiger partial charge on any atom is 0.336 e. The topological polar surface area (TPSA) is 95.2 Å². The van der Waals surface area contributed by atoms with Gasteiger partial charge in [-0.3, -0.25) is 4.79 Å². The summed E-state index contributed by atoms with van der Waals surface area (Å²) in [6.07, 6.45) is -1.13. The Labute approximate surface area is 161 Å². The third kappa shape index (κ3) is 3.84. The van der Waals surface area contributed by atoms with Crippen LogP contribution in [0.5, 0.6) is 17.2 Å². The van der Waals surface area contributed by atoms with Crippen LogP contribution in [0.2, 0.25) is 0 Å². The maximum absolute atomic E-state index is 12.8. The van der Waals surface area contributed by atoms with E-state index < -0.39 is 24.1 Å². The number of hydrogen-bond acceptors (Lipinski definition) is 7. The molecule has 3 rings (SSSR count). The zero-order chi connectivity index (χ0) is 20.3. The van der Waals surface area contributed by atoms with E-state index in [4.69, 9.17) is 18.6 Å². The molecule has 1 unspecified atom stereocenters. The van der Waals surface area contributed by atoms with Crippen LogP contribution in [-0.2, 0) is 0 Å². The molecule has 28 heavy (non-hydrogen) atoms. The van der Waals surface area contributed by atoms with Crippen LogP contribution in [0.4, 0.5) is 0 Å². The highest BCUT2D eigenvalue weighted by Crippen LogP contribution is 2.29. The smallest absolute Gasteiger partial charge is 0.336 e. The van der Waals surface area contributed by atoms with Crippen LogP contribution >= 0.6 is 0 Å². The molecule has 0 aliphatic heterocycles. The van der Waals surface area contributed by atoms with E-state index in [0.717, 1.165) is 10.9 Å². The van der Waals surface area contributed by atoms with Crippen molar-refractivity contribution in [3.8, 4) is 17.2 Å². The molecule has 146 valence electrons. The standard InChI is InChI=1S/C21H20O7/c1-12-8-20(23)28-17-10-14(5-6-15(12)17)27-19(11-22)21(24)13-4-7-16(25-2)18(9-13)26-3/h4-10,19,22H,11H2,1-3H3. The summed E-state index contributed by atoms with van der Waals surface area (Å²) in [4.78, 5) is 24.3. The number of rotatable bonds is 7. The van der Waals surface area contributed by atoms with Gasteiger partial charge in [-0.1, -0.05) is 0 Å². The molecule has 1 N–H and O–H groups in total. The molecule has 1 atom stereocenters. The summed E-state index contributed by atoms with van der Waals surface area (Å²) >= 11 is 0. The molecule has 0 aliphatic carbocycles. The zero-order valence-electron chi connectivity index (χ0n) is 15.7. The minimum absolute atomic E-state index is 0.300. The zero-order valence-corrected chi connectivity index (χ0v) is 15.7. The predicted molar refractivity (Wildman–Crippen MR) is 103 cm³/mol. The normalized spacial score (nSPS) is 11.9. The van der Waals surface area contributed by atoms with Gasteiger partial charge >= 0.3 is 5.63 Å². The van der Waals surface area contributed by atoms with Gasteiger partial charge in [0.25, 0.3) is 0 Å². The first-order valence-corrected chi connectivity index (χ1v) is 8.55. The molecule has 3 aromatic rings. The number of ether oxygens (including phenoxy) is 3. The SMILES string of the molecule is COc1ccc(C(=O)C(CO)Oc2ccc3c(C)cc(=O)oc3c2)cc1OC. The first-order valence-electron chi connectivity index (χ1n) is 8.55. The molecule has 0 fully saturated rings. The molecule has 1 heterocycles. The van der Waals surface area contributed by atoms with Gasteiger partial charge in [-0.2, -0.15) is 0 Å². The summed E-state index contributed by atoms with van der Waals surface area (Å²) in [5, 5.41) is 10.4. The Morgan fingerprint density at radius 1 is 1.07 bits per heavy atom. The average molecular weight is 384 g/mol. The Morgan fingerprint density at radius 2 is 1.82 bits per heavy atom. The van der Waals surface area contributed by atoms with E-state index in [0.29, 0.717) is 28.4 Å². The molecule has 0 bridgehead atoms. The van der Waals surface area contributed by atoms with Crippen molar-refractivity contribution >= 4 is 16.8 Å². The monoisotopic (exact) mass is 384 g/mol. The Hall–Kier alpha value is -3.32. The number of aliphatic hydroxyl groups excluding tert-OH is 1. The number of methoxy groups -OCH3 is 2. The number of ketones is 1. The van der Waals surface area contributed by atoms with Crippen molar-refractivity contribution in [3.05, 3.63) is 64.0 Å². The molecule has 0 saturated carbocycles. The first kappa shape index (κ1) is 19.4. The Balaban J connectivity index is 1.89. The second-order valence-electron chi connectivity index (χ2n) is 6.13. The minimum Gasteiger partial charge on any atom is -0.493 e. The van der Waals surface area contributed by atoms with Crippen molar-refractivity contribution < 1.29 is 28.5 Å². The van der Waals surface area contributed by atoms with Gasteiger partial charge < -0.3 is 23.7 Å². The third-order valence-corrected chi connectivity index (χ3v) is 4.33. The fraction of sp³-hybridized carbons (Fsp3) is 0.238. The van der Waals surface area contributed by atoms with E-state index >= 15 is 0 Å². The van der Waals surface area contributed by atoms with Crippen molar-refractivity contribution in [3.63, 3.8) is 0 Å². The molecule has 2 aromatic carbocycles. The summed E-state index contributed by atoms with van der Waals surface area (Å²) in [5.41, 5.74) is 0.956. The molecule has 0 amide bonds. The lowest BCUT2D eigenvalue weighted by Gasteiger charge is -2.17. The van der Waals surface area contributed by atoms with E-state index in [-0.39, 0.29) is 0 Å². The van der Waals surface area contributed by atoms with Crippen LogP contribution in [0.15, 0.2) is 51.7 Å². The van der Waals surface area contributed by atoms with Crippen molar-refractivity contribution in [2.24, 2.45) is 0 Å². The molecular weight excluding hydrogens is 364 g/mol. The van der Waals surface area contributed by atoms with Crippen LogP contribution in [0.25, 0.3) is 11.0 Å². The van der Waals surface area contributed by atoms with Gasteiger partial charge in [0.15, 0.2) is 17.6 Å². The summed E-state index contributed by atoms with van der Waals surface area (Å²) in [5.74, 6) is 0.761. The van der Waals surface area contributed by atoms with E-state index in [9.17, 15) is 14.7 Å². The average Bonchev–Trinajstić information content (AvgIpc) is 2.70. The second kappa shape index (κ2) is 8.14. The highest BCUT2D eigenvalue weighted by molar-refractivity contribution is 6.00. The van der Waals surface area contributed by atoms with Crippen molar-refractivity contribution in [1.82, 2.24) is 0 Å². The lowest BCUT2D eigenvalue weighted by molar-refractivity contribution is 0.0659. The largest absolute Gasteiger partial charge is 0.493 e. The lowest BCUT2D eigenvalue weighted by atomic mass is 10.1. The highest BCUT2D eigenvalue weighted by Gasteiger charge is 2.23. The molecule has 7 heteroatoms. The van der Waals surface area contributed by atoms with Crippen LogP contribution in [0.1, 0.15) is 15.9 Å². The minimum atomic E-state index is -1.13. The fourth-order valence-electron chi connectivity index (χ4n) is 2.89. The lowest BCUT2D eigenvalue weighted by Crippen LogP contribution is -2.31. The van der Waals surface area contributed by atoms with E-state index in [2.05, 4.69) is 0 Å². The number of carbonyl (C=O) groups excluding carboxylic acids is 1. The number of Topliss-reactive ketones (excluding diaryl/α,β-unsaturated/α-hetero) is 1. The van der Waals surface area contributed by atoms with Gasteiger partial charge in [0.2, 0.25) is 5.78 Å². The van der Waals surface area contributed by atoms with Gasteiger partial charge in [-0.15, -0.1) is 0 Å². The van der Waals surface area contributed by atoms with Crippen molar-refractivity contribution in [2.75, 3.05) is 20.8 Å². The fourth-order valence-corrected chi connectivity index (χ4v) is 2.89. The number of benzene rings is 2. The van der Waals surface area contributed by atoms with E-state index in [1.807, 2.05) is 0 Å². The Morgan fingerprint density at radius 3 is 2.50 bits per heavy atom. The molecule has 0 saturated heterocycles. The number of fused-ring (bicyclic) bond motifs is 1. The van der Waals surface area contributed by atoms with Gasteiger partial charge in [0, 0.05) is 23.1 Å². The number of aliphatic hydroxyl groups is 1. The van der Waals surface area contributed by atoms with Crippen LogP contribution in [0, 0.1) is 6.92 Å². The molecule has 0 radical (unpaired) electrons. The molecular formula is C21H20O7. The second-order valence-corrected chi connectivity index (χ2v) is 6.13. The number of hydrogen-bond donors (Lipinski definition) is 1. The predicted octanol–water partition coefficient (Wildman–Crippen LogP) is 2.74. The quantitative estimate of drug-likeness (QED) is 0.494. The number of carbonyl (C=O) groups is 1. The number of aryl methyl sites for hydroxylation is 1. The molecule has 0 spiro atoms. The first-order chi connectivity index (χ1) is 13.5. The Kier molecular flexibility index (Phi) is 5.65. The van der Waals surface area contributed by atoms with Crippen LogP contribution < -0.4 is 19.8 Å². The summed E-state index contributed by atoms with van der Waals surface area (Å²) in [6, 6.07) is 11.0. The van der Waals surface area contributed by atoms with Crippen molar-refractivity contribution in [2.45, 2.75) is 13.0 Å². The summed E-state index contributed by atoms with van der Waals surface area (Å²) in [6.45, 7) is 1.28. The van der Waals surface area contributed by atoms with E-state index in [1.165, 1.54) is 32.4 Å². The van der Waals surface area contributed by atoms with Gasteiger partial charge in [-0.05, 0) is 42.8 Å². The Bertz CT molecular complexity index is 1070. The van der Waals surface area contributed by atoms with Crippen molar-refractivity contribution in [1.29, 1.82) is 0 Å².